The monoisotopic (exact) mass is 313 g/mol. The Hall–Kier alpha value is -1.85. The van der Waals surface area contributed by atoms with Crippen molar-refractivity contribution < 1.29 is 9.90 Å². The number of benzene rings is 1. The lowest BCUT2D eigenvalue weighted by atomic mass is 10.0. The van der Waals surface area contributed by atoms with E-state index in [1.54, 1.807) is 4.90 Å². The Balaban J connectivity index is 1.46. The number of fused-ring (bicyclic) bond motifs is 1. The molecule has 2 saturated heterocycles. The van der Waals surface area contributed by atoms with E-state index in [-0.39, 0.29) is 5.91 Å². The van der Waals surface area contributed by atoms with Gasteiger partial charge in [-0.1, -0.05) is 18.2 Å². The summed E-state index contributed by atoms with van der Waals surface area (Å²) in [5, 5.41) is 11.9. The maximum atomic E-state index is 12.7. The maximum Gasteiger partial charge on any atom is 0.270 e. The fourth-order valence-electron chi connectivity index (χ4n) is 3.87. The van der Waals surface area contributed by atoms with Crippen molar-refractivity contribution in [1.82, 2.24) is 14.8 Å². The third-order valence-corrected chi connectivity index (χ3v) is 5.10. The molecule has 0 saturated carbocycles. The summed E-state index contributed by atoms with van der Waals surface area (Å²) in [6, 6.07) is 9.79. The molecule has 5 heteroatoms. The first-order valence-electron chi connectivity index (χ1n) is 8.45. The van der Waals surface area contributed by atoms with Crippen LogP contribution in [0, 0.1) is 0 Å². The van der Waals surface area contributed by atoms with Crippen LogP contribution >= 0.6 is 0 Å². The van der Waals surface area contributed by atoms with E-state index in [1.165, 1.54) is 12.8 Å². The lowest BCUT2D eigenvalue weighted by molar-refractivity contribution is 0.0175. The largest absolute Gasteiger partial charge is 0.387 e. The Morgan fingerprint density at radius 1 is 1.22 bits per heavy atom. The zero-order valence-electron chi connectivity index (χ0n) is 13.3. The van der Waals surface area contributed by atoms with E-state index in [0.717, 1.165) is 24.0 Å². The van der Waals surface area contributed by atoms with Crippen LogP contribution in [0.5, 0.6) is 0 Å². The molecule has 1 amide bonds. The van der Waals surface area contributed by atoms with Crippen molar-refractivity contribution in [3.8, 4) is 0 Å². The molecule has 2 aromatic rings. The average molecular weight is 313 g/mol. The van der Waals surface area contributed by atoms with Gasteiger partial charge < -0.3 is 19.9 Å². The van der Waals surface area contributed by atoms with Crippen molar-refractivity contribution >= 4 is 16.8 Å². The number of β-amino-alcohol motifs (C(OH)–C–C–N with tert-alkyl or cyclic N) is 1. The summed E-state index contributed by atoms with van der Waals surface area (Å²) in [7, 11) is 0. The number of nitrogens with zero attached hydrogens (tertiary/aromatic N) is 2. The van der Waals surface area contributed by atoms with Crippen molar-refractivity contribution in [1.29, 1.82) is 0 Å². The van der Waals surface area contributed by atoms with Gasteiger partial charge in [-0.05, 0) is 44.5 Å². The third kappa shape index (κ3) is 2.86. The summed E-state index contributed by atoms with van der Waals surface area (Å²) in [4.78, 5) is 20.0. The number of aromatic amines is 1. The molecule has 2 N–H and O–H groups in total. The van der Waals surface area contributed by atoms with Crippen molar-refractivity contribution in [3.05, 3.63) is 36.0 Å². The third-order valence-electron chi connectivity index (χ3n) is 5.10. The number of H-pyrrole nitrogens is 1. The highest BCUT2D eigenvalue weighted by Crippen LogP contribution is 2.26. The minimum Gasteiger partial charge on any atom is -0.387 e. The lowest BCUT2D eigenvalue weighted by Crippen LogP contribution is -2.45. The van der Waals surface area contributed by atoms with E-state index in [1.807, 2.05) is 30.3 Å². The number of hydrogen-bond acceptors (Lipinski definition) is 3. The van der Waals surface area contributed by atoms with Crippen LogP contribution in [0.4, 0.5) is 0 Å². The predicted molar refractivity (Wildman–Crippen MR) is 89.4 cm³/mol. The number of para-hydroxylation sites is 1. The van der Waals surface area contributed by atoms with Crippen LogP contribution in [-0.2, 0) is 0 Å². The van der Waals surface area contributed by atoms with Crippen molar-refractivity contribution in [2.45, 2.75) is 24.9 Å². The molecule has 1 aromatic carbocycles. The number of aromatic nitrogens is 1. The van der Waals surface area contributed by atoms with Crippen LogP contribution in [0.25, 0.3) is 10.9 Å². The molecule has 0 spiro atoms. The maximum absolute atomic E-state index is 12.7. The fraction of sp³-hybridized carbons (Fsp3) is 0.500. The first-order chi connectivity index (χ1) is 11.1. The van der Waals surface area contributed by atoms with Gasteiger partial charge in [0.15, 0.2) is 0 Å². The second-order valence-corrected chi connectivity index (χ2v) is 6.95. The summed E-state index contributed by atoms with van der Waals surface area (Å²) in [6.07, 6.45) is 3.09. The Morgan fingerprint density at radius 2 is 2.00 bits per heavy atom. The Labute approximate surface area is 135 Å². The van der Waals surface area contributed by atoms with Crippen molar-refractivity contribution in [2.75, 3.05) is 32.7 Å². The minimum atomic E-state index is -0.758. The van der Waals surface area contributed by atoms with Gasteiger partial charge in [-0.15, -0.1) is 0 Å². The second-order valence-electron chi connectivity index (χ2n) is 6.95. The first kappa shape index (κ1) is 14.7. The molecule has 4 rings (SSSR count). The van der Waals surface area contributed by atoms with Crippen LogP contribution < -0.4 is 0 Å². The van der Waals surface area contributed by atoms with E-state index in [2.05, 4.69) is 9.88 Å². The van der Waals surface area contributed by atoms with Crippen LogP contribution in [-0.4, -0.2) is 64.1 Å². The van der Waals surface area contributed by atoms with Gasteiger partial charge in [-0.3, -0.25) is 4.79 Å². The molecule has 23 heavy (non-hydrogen) atoms. The molecule has 1 unspecified atom stereocenters. The summed E-state index contributed by atoms with van der Waals surface area (Å²) in [5.74, 6) is -0.0152. The SMILES string of the molecule is O=C(c1cc2ccccc2[nH]1)N1CCC(O)(CN2CCCC2)C1. The average Bonchev–Trinajstić information content (AvgIpc) is 3.26. The molecule has 3 heterocycles. The highest BCUT2D eigenvalue weighted by Gasteiger charge is 2.40. The molecule has 2 aliphatic rings. The van der Waals surface area contributed by atoms with Gasteiger partial charge >= 0.3 is 0 Å². The Kier molecular flexibility index (Phi) is 3.62. The van der Waals surface area contributed by atoms with Gasteiger partial charge in [0.2, 0.25) is 0 Å². The van der Waals surface area contributed by atoms with E-state index in [0.29, 0.717) is 31.7 Å². The zero-order valence-corrected chi connectivity index (χ0v) is 13.3. The van der Waals surface area contributed by atoms with Crippen LogP contribution in [0.1, 0.15) is 29.8 Å². The van der Waals surface area contributed by atoms with Crippen molar-refractivity contribution in [3.63, 3.8) is 0 Å². The molecule has 0 aliphatic carbocycles. The molecule has 122 valence electrons. The smallest absolute Gasteiger partial charge is 0.270 e. The van der Waals surface area contributed by atoms with Crippen LogP contribution in [0.2, 0.25) is 0 Å². The van der Waals surface area contributed by atoms with Gasteiger partial charge in [-0.25, -0.2) is 0 Å². The molecule has 2 aliphatic heterocycles. The Bertz CT molecular complexity index is 687. The number of nitrogens with one attached hydrogen (secondary N) is 1. The number of rotatable bonds is 3. The minimum absolute atomic E-state index is 0.0152. The second kappa shape index (κ2) is 5.65. The standard InChI is InChI=1S/C18H23N3O2/c22-17(16-11-14-5-1-2-6-15(14)19-16)21-10-7-18(23,13-21)12-20-8-3-4-9-20/h1-2,5-6,11,19,23H,3-4,7-10,12-13H2. The number of hydrogen-bond donors (Lipinski definition) is 2. The number of likely N-dealkylation sites (tertiary alicyclic amines) is 2. The predicted octanol–water partition coefficient (Wildman–Crippen LogP) is 1.84. The number of carbonyl (C=O) groups excluding carboxylic acids is 1. The first-order valence-corrected chi connectivity index (χ1v) is 8.45. The summed E-state index contributed by atoms with van der Waals surface area (Å²) in [6.45, 7) is 3.87. The molecule has 0 radical (unpaired) electrons. The molecule has 5 nitrogen and oxygen atoms in total. The van der Waals surface area contributed by atoms with Crippen LogP contribution in [0.15, 0.2) is 30.3 Å². The lowest BCUT2D eigenvalue weighted by Gasteiger charge is -2.28. The molecular weight excluding hydrogens is 290 g/mol. The topological polar surface area (TPSA) is 59.6 Å². The van der Waals surface area contributed by atoms with Crippen molar-refractivity contribution in [2.24, 2.45) is 0 Å². The van der Waals surface area contributed by atoms with Gasteiger partial charge in [0.1, 0.15) is 5.69 Å². The molecular formula is C18H23N3O2. The van der Waals surface area contributed by atoms with Gasteiger partial charge in [0.05, 0.1) is 12.1 Å². The van der Waals surface area contributed by atoms with Gasteiger partial charge in [0.25, 0.3) is 5.91 Å². The highest BCUT2D eigenvalue weighted by molar-refractivity contribution is 5.98. The van der Waals surface area contributed by atoms with E-state index in [4.69, 9.17) is 0 Å². The van der Waals surface area contributed by atoms with E-state index >= 15 is 0 Å². The molecule has 1 atom stereocenters. The van der Waals surface area contributed by atoms with E-state index in [9.17, 15) is 9.90 Å². The highest BCUT2D eigenvalue weighted by atomic mass is 16.3. The normalized spacial score (nSPS) is 25.5. The summed E-state index contributed by atoms with van der Waals surface area (Å²) >= 11 is 0. The molecule has 0 bridgehead atoms. The number of aliphatic hydroxyl groups is 1. The number of amides is 1. The quantitative estimate of drug-likeness (QED) is 0.909. The molecule has 2 fully saturated rings. The summed E-state index contributed by atoms with van der Waals surface area (Å²) < 4.78 is 0. The fourth-order valence-corrected chi connectivity index (χ4v) is 3.87. The Morgan fingerprint density at radius 3 is 2.78 bits per heavy atom. The van der Waals surface area contributed by atoms with Crippen LogP contribution in [0.3, 0.4) is 0 Å². The number of carbonyl (C=O) groups is 1. The van der Waals surface area contributed by atoms with Gasteiger partial charge in [-0.2, -0.15) is 0 Å². The summed E-state index contributed by atoms with van der Waals surface area (Å²) in [5.41, 5.74) is 0.824. The zero-order chi connectivity index (χ0) is 15.9. The molecule has 1 aromatic heterocycles. The van der Waals surface area contributed by atoms with Gasteiger partial charge in [0, 0.05) is 24.0 Å². The van der Waals surface area contributed by atoms with E-state index < -0.39 is 5.60 Å².